The normalized spacial score (nSPS) is 14.7. The van der Waals surface area contributed by atoms with E-state index < -0.39 is 0 Å². The number of hydrogen-bond donors (Lipinski definition) is 0. The Labute approximate surface area is 315 Å². The molecule has 0 amide bonds. The van der Waals surface area contributed by atoms with Gasteiger partial charge < -0.3 is 0 Å². The minimum atomic E-state index is 0.114. The second-order valence-corrected chi connectivity index (χ2v) is 15.0. The van der Waals surface area contributed by atoms with Crippen LogP contribution < -0.4 is 16.4 Å². The van der Waals surface area contributed by atoms with E-state index in [-0.39, 0.29) is 6.71 Å². The van der Waals surface area contributed by atoms with Gasteiger partial charge in [0.1, 0.15) is 0 Å². The molecular weight excluding hydrogens is 635 g/mol. The van der Waals surface area contributed by atoms with Gasteiger partial charge in [-0.1, -0.05) is 191 Å². The summed E-state index contributed by atoms with van der Waals surface area (Å²) in [4.78, 5) is 0. The van der Waals surface area contributed by atoms with Crippen LogP contribution in [-0.4, -0.2) is 6.71 Å². The van der Waals surface area contributed by atoms with Crippen molar-refractivity contribution < 1.29 is 0 Å². The van der Waals surface area contributed by atoms with Gasteiger partial charge in [-0.2, -0.15) is 0 Å². The van der Waals surface area contributed by atoms with E-state index in [2.05, 4.69) is 178 Å². The lowest BCUT2D eigenvalue weighted by Crippen LogP contribution is -2.56. The molecule has 0 spiro atoms. The monoisotopic (exact) mass is 680 g/mol. The molecule has 0 atom stereocenters. The van der Waals surface area contributed by atoms with E-state index in [1.54, 1.807) is 0 Å². The predicted octanol–water partition coefficient (Wildman–Crippen LogP) is 11.5. The molecule has 0 unspecified atom stereocenters. The molecule has 0 heterocycles. The first-order chi connectivity index (χ1) is 26.1. The largest absolute Gasteiger partial charge is 0.243 e. The van der Waals surface area contributed by atoms with Gasteiger partial charge in [-0.15, -0.1) is 0 Å². The zero-order valence-corrected chi connectivity index (χ0v) is 30.9. The van der Waals surface area contributed by atoms with E-state index in [1.165, 1.54) is 100 Å². The average molecular weight is 681 g/mol. The lowest BCUT2D eigenvalue weighted by molar-refractivity contribution is 0.852. The van der Waals surface area contributed by atoms with Crippen molar-refractivity contribution in [3.8, 4) is 22.3 Å². The summed E-state index contributed by atoms with van der Waals surface area (Å²) in [6.45, 7) is 4.76. The lowest BCUT2D eigenvalue weighted by Gasteiger charge is -2.27. The van der Waals surface area contributed by atoms with E-state index >= 15 is 0 Å². The van der Waals surface area contributed by atoms with Crippen molar-refractivity contribution in [1.82, 2.24) is 0 Å². The molecule has 3 aliphatic carbocycles. The molecule has 0 nitrogen and oxygen atoms in total. The summed E-state index contributed by atoms with van der Waals surface area (Å²) < 4.78 is 0. The van der Waals surface area contributed by atoms with Gasteiger partial charge in [-0.05, 0) is 119 Å². The highest BCUT2D eigenvalue weighted by molar-refractivity contribution is 6.97. The quantitative estimate of drug-likeness (QED) is 0.154. The molecule has 0 N–H and O–H groups in total. The topological polar surface area (TPSA) is 0 Å². The molecule has 0 radical (unpaired) electrons. The first-order valence-electron chi connectivity index (χ1n) is 19.5. The second-order valence-electron chi connectivity index (χ2n) is 15.0. The Kier molecular flexibility index (Phi) is 9.02. The van der Waals surface area contributed by atoms with Crippen molar-refractivity contribution in [2.75, 3.05) is 0 Å². The molecule has 0 aromatic heterocycles. The van der Waals surface area contributed by atoms with Gasteiger partial charge in [0.05, 0.1) is 0 Å². The van der Waals surface area contributed by atoms with Crippen molar-refractivity contribution in [3.05, 3.63) is 191 Å². The summed E-state index contributed by atoms with van der Waals surface area (Å²) in [5.41, 5.74) is 20.4. The van der Waals surface area contributed by atoms with Gasteiger partial charge in [0.2, 0.25) is 6.71 Å². The molecular formula is C52H45B. The van der Waals surface area contributed by atoms with Crippen LogP contribution in [-0.2, 0) is 12.8 Å². The Bertz CT molecular complexity index is 2520. The summed E-state index contributed by atoms with van der Waals surface area (Å²) in [7, 11) is 0. The Morgan fingerprint density at radius 2 is 1.17 bits per heavy atom. The van der Waals surface area contributed by atoms with Crippen LogP contribution in [0.1, 0.15) is 64.6 Å². The van der Waals surface area contributed by atoms with Crippen molar-refractivity contribution >= 4 is 51.6 Å². The zero-order chi connectivity index (χ0) is 35.7. The van der Waals surface area contributed by atoms with Crippen LogP contribution in [0.4, 0.5) is 0 Å². The highest BCUT2D eigenvalue weighted by Gasteiger charge is 2.31. The number of aryl methyl sites for hydroxylation is 4. The van der Waals surface area contributed by atoms with Gasteiger partial charge in [0.15, 0.2) is 0 Å². The SMILES string of the molecule is Cc1ccc2c(c1B(c1cccc(-c3ccc(-c4ccc(C5=CCC=CC=C5)cc4)c4ccccc34)c1)c1c(C)ccc3c1C=CCCC3)C=CCC2. The molecule has 6 aromatic carbocycles. The van der Waals surface area contributed by atoms with Crippen LogP contribution in [0.3, 0.4) is 0 Å². The Hall–Kier alpha value is -5.66. The van der Waals surface area contributed by atoms with Gasteiger partial charge in [0, 0.05) is 0 Å². The Morgan fingerprint density at radius 3 is 1.91 bits per heavy atom. The van der Waals surface area contributed by atoms with E-state index in [0.717, 1.165) is 32.1 Å². The van der Waals surface area contributed by atoms with Gasteiger partial charge in [0.25, 0.3) is 0 Å². The van der Waals surface area contributed by atoms with Crippen LogP contribution in [0.5, 0.6) is 0 Å². The Balaban J connectivity index is 1.19. The van der Waals surface area contributed by atoms with Gasteiger partial charge >= 0.3 is 0 Å². The molecule has 0 saturated carbocycles. The first-order valence-corrected chi connectivity index (χ1v) is 19.5. The van der Waals surface area contributed by atoms with E-state index in [1.807, 2.05) is 0 Å². The van der Waals surface area contributed by atoms with E-state index in [9.17, 15) is 0 Å². The molecule has 256 valence electrons. The third kappa shape index (κ3) is 6.29. The summed E-state index contributed by atoms with van der Waals surface area (Å²) >= 11 is 0. The number of fused-ring (bicyclic) bond motifs is 3. The van der Waals surface area contributed by atoms with Crippen LogP contribution in [0.2, 0.25) is 0 Å². The van der Waals surface area contributed by atoms with Crippen molar-refractivity contribution in [1.29, 1.82) is 0 Å². The van der Waals surface area contributed by atoms with Crippen LogP contribution in [0.25, 0.3) is 50.8 Å². The molecule has 6 aromatic rings. The van der Waals surface area contributed by atoms with Gasteiger partial charge in [-0.25, -0.2) is 0 Å². The maximum absolute atomic E-state index is 2.49. The maximum atomic E-state index is 2.49. The van der Waals surface area contributed by atoms with Crippen molar-refractivity contribution in [2.45, 2.75) is 52.4 Å². The number of allylic oxidation sites excluding steroid dienone is 8. The molecule has 1 heteroatoms. The second kappa shape index (κ2) is 14.4. The van der Waals surface area contributed by atoms with E-state index in [0.29, 0.717) is 0 Å². The fourth-order valence-corrected chi connectivity index (χ4v) is 9.03. The number of benzene rings is 6. The number of hydrogen-bond acceptors (Lipinski definition) is 0. The average Bonchev–Trinajstić information content (AvgIpc) is 3.63. The molecule has 0 bridgehead atoms. The molecule has 0 saturated heterocycles. The fourth-order valence-electron chi connectivity index (χ4n) is 9.03. The molecule has 3 aliphatic rings. The lowest BCUT2D eigenvalue weighted by atomic mass is 9.33. The third-order valence-corrected chi connectivity index (χ3v) is 11.7. The van der Waals surface area contributed by atoms with Crippen LogP contribution in [0, 0.1) is 13.8 Å². The molecule has 9 rings (SSSR count). The highest BCUT2D eigenvalue weighted by atomic mass is 14.2. The molecule has 0 fully saturated rings. The maximum Gasteiger partial charge on any atom is 0.243 e. The van der Waals surface area contributed by atoms with Crippen molar-refractivity contribution in [3.63, 3.8) is 0 Å². The van der Waals surface area contributed by atoms with Gasteiger partial charge in [-0.3, -0.25) is 0 Å². The highest BCUT2D eigenvalue weighted by Crippen LogP contribution is 2.36. The van der Waals surface area contributed by atoms with Crippen LogP contribution in [0.15, 0.2) is 152 Å². The minimum absolute atomic E-state index is 0.114. The molecule has 0 aliphatic heterocycles. The summed E-state index contributed by atoms with van der Waals surface area (Å²) in [6.07, 6.45) is 27.2. The predicted molar refractivity (Wildman–Crippen MR) is 232 cm³/mol. The summed E-state index contributed by atoms with van der Waals surface area (Å²) in [5, 5.41) is 2.57. The zero-order valence-electron chi connectivity index (χ0n) is 30.9. The van der Waals surface area contributed by atoms with E-state index in [4.69, 9.17) is 0 Å². The Morgan fingerprint density at radius 1 is 0.509 bits per heavy atom. The summed E-state index contributed by atoms with van der Waals surface area (Å²) in [5.74, 6) is 0. The first kappa shape index (κ1) is 33.2. The molecule has 53 heavy (non-hydrogen) atoms. The summed E-state index contributed by atoms with van der Waals surface area (Å²) in [6, 6.07) is 41.7. The minimum Gasteiger partial charge on any atom is -0.0839 e. The van der Waals surface area contributed by atoms with Crippen LogP contribution >= 0.6 is 0 Å². The number of rotatable bonds is 6. The standard InChI is InChI=1S/C52H45B/c1-36-25-27-40-17-8-5-9-21-47(40)51(36)53(52-37(2)26-28-41-18-10-11-22-48(41)52)44-20-14-19-43(35-44)46-34-33-45(49-23-12-13-24-50(46)49)42-31-29-39(30-32-42)38-15-6-3-4-7-16-38/h3-4,6,9,11-16,19-35H,5,7-8,10,17-18H2,1-2H3. The van der Waals surface area contributed by atoms with Crippen molar-refractivity contribution in [2.24, 2.45) is 0 Å². The third-order valence-electron chi connectivity index (χ3n) is 11.7. The smallest absolute Gasteiger partial charge is 0.0839 e. The fraction of sp³-hybridized carbons (Fsp3) is 0.154.